The third-order valence-electron chi connectivity index (χ3n) is 2.71. The van der Waals surface area contributed by atoms with Crippen LogP contribution in [0.2, 0.25) is 0 Å². The predicted molar refractivity (Wildman–Crippen MR) is 93.3 cm³/mol. The average Bonchev–Trinajstić information content (AvgIpc) is 3.00. The first kappa shape index (κ1) is 14.3. The van der Waals surface area contributed by atoms with E-state index in [9.17, 15) is 0 Å². The SMILES string of the molecule is CCCSCc1nnc2sc(-c3cccc(I)c3)nn12. The number of hydrogen-bond donors (Lipinski definition) is 0. The van der Waals surface area contributed by atoms with E-state index in [0.717, 1.165) is 32.9 Å². The molecule has 0 saturated carbocycles. The van der Waals surface area contributed by atoms with E-state index in [1.54, 1.807) is 11.3 Å². The van der Waals surface area contributed by atoms with Crippen molar-refractivity contribution in [2.75, 3.05) is 5.75 Å². The molecule has 0 saturated heterocycles. The second kappa shape index (κ2) is 6.40. The molecule has 0 aliphatic heterocycles. The Morgan fingerprint density at radius 3 is 3.05 bits per heavy atom. The fourth-order valence-corrected chi connectivity index (χ4v) is 3.99. The van der Waals surface area contributed by atoms with Gasteiger partial charge in [0.1, 0.15) is 5.01 Å². The number of hydrogen-bond acceptors (Lipinski definition) is 5. The van der Waals surface area contributed by atoms with Crippen molar-refractivity contribution >= 4 is 50.7 Å². The van der Waals surface area contributed by atoms with Crippen LogP contribution in [0.5, 0.6) is 0 Å². The van der Waals surface area contributed by atoms with Crippen LogP contribution in [0.1, 0.15) is 19.2 Å². The van der Waals surface area contributed by atoms with Crippen LogP contribution >= 0.6 is 45.7 Å². The smallest absolute Gasteiger partial charge is 0.186 e. The summed E-state index contributed by atoms with van der Waals surface area (Å²) in [6.07, 6.45) is 1.18. The standard InChI is InChI=1S/C13H13IN4S2/c1-2-6-19-8-11-15-16-13-18(11)17-12(20-13)9-4-3-5-10(14)7-9/h3-5,7H,2,6,8H2,1H3. The lowest BCUT2D eigenvalue weighted by molar-refractivity contribution is 0.887. The van der Waals surface area contributed by atoms with Crippen LogP contribution < -0.4 is 0 Å². The molecular weight excluding hydrogens is 403 g/mol. The normalized spacial score (nSPS) is 11.3. The molecule has 0 amide bonds. The lowest BCUT2D eigenvalue weighted by Gasteiger charge is -1.97. The summed E-state index contributed by atoms with van der Waals surface area (Å²) >= 11 is 5.78. The van der Waals surface area contributed by atoms with Crippen molar-refractivity contribution < 1.29 is 0 Å². The van der Waals surface area contributed by atoms with Crippen LogP contribution in [0, 0.1) is 3.57 Å². The van der Waals surface area contributed by atoms with Gasteiger partial charge in [-0.15, -0.1) is 10.2 Å². The number of thioether (sulfide) groups is 1. The Balaban J connectivity index is 1.91. The molecule has 0 bridgehead atoms. The number of halogens is 1. The molecule has 0 atom stereocenters. The first-order valence-corrected chi connectivity index (χ1v) is 9.37. The van der Waals surface area contributed by atoms with Crippen molar-refractivity contribution in [3.05, 3.63) is 33.7 Å². The highest BCUT2D eigenvalue weighted by Crippen LogP contribution is 2.27. The summed E-state index contributed by atoms with van der Waals surface area (Å²) in [5, 5.41) is 14.1. The highest BCUT2D eigenvalue weighted by molar-refractivity contribution is 14.1. The summed E-state index contributed by atoms with van der Waals surface area (Å²) in [4.78, 5) is 0.867. The van der Waals surface area contributed by atoms with Crippen molar-refractivity contribution in [1.82, 2.24) is 19.8 Å². The Bertz CT molecular complexity index is 722. The molecule has 7 heteroatoms. The molecular formula is C13H13IN4S2. The van der Waals surface area contributed by atoms with Gasteiger partial charge in [0.05, 0.1) is 5.75 Å². The summed E-state index contributed by atoms with van der Waals surface area (Å²) in [6, 6.07) is 8.35. The molecule has 3 aromatic rings. The van der Waals surface area contributed by atoms with Crippen molar-refractivity contribution in [3.63, 3.8) is 0 Å². The van der Waals surface area contributed by atoms with E-state index in [2.05, 4.69) is 69.1 Å². The van der Waals surface area contributed by atoms with Gasteiger partial charge in [0.25, 0.3) is 0 Å². The third-order valence-corrected chi connectivity index (χ3v) is 5.48. The van der Waals surface area contributed by atoms with Gasteiger partial charge in [-0.05, 0) is 46.9 Å². The summed E-state index contributed by atoms with van der Waals surface area (Å²) in [7, 11) is 0. The van der Waals surface area contributed by atoms with Gasteiger partial charge in [-0.1, -0.05) is 30.4 Å². The molecule has 104 valence electrons. The topological polar surface area (TPSA) is 43.1 Å². The van der Waals surface area contributed by atoms with E-state index >= 15 is 0 Å². The minimum atomic E-state index is 0.866. The summed E-state index contributed by atoms with van der Waals surface area (Å²) in [6.45, 7) is 2.18. The van der Waals surface area contributed by atoms with Gasteiger partial charge in [0.2, 0.25) is 4.96 Å². The molecule has 0 radical (unpaired) electrons. The predicted octanol–water partition coefficient (Wildman–Crippen LogP) is 4.10. The Morgan fingerprint density at radius 1 is 1.35 bits per heavy atom. The lowest BCUT2D eigenvalue weighted by atomic mass is 10.2. The highest BCUT2D eigenvalue weighted by Gasteiger charge is 2.12. The first-order chi connectivity index (χ1) is 9.78. The number of rotatable bonds is 5. The van der Waals surface area contributed by atoms with Gasteiger partial charge in [-0.3, -0.25) is 0 Å². The van der Waals surface area contributed by atoms with E-state index in [-0.39, 0.29) is 0 Å². The fraction of sp³-hybridized carbons (Fsp3) is 0.308. The van der Waals surface area contributed by atoms with Gasteiger partial charge in [0.15, 0.2) is 5.82 Å². The third kappa shape index (κ3) is 2.99. The lowest BCUT2D eigenvalue weighted by Crippen LogP contribution is -1.94. The summed E-state index contributed by atoms with van der Waals surface area (Å²) in [5.41, 5.74) is 1.14. The van der Waals surface area contributed by atoms with Crippen LogP contribution in [0.4, 0.5) is 0 Å². The maximum Gasteiger partial charge on any atom is 0.235 e. The van der Waals surface area contributed by atoms with Crippen LogP contribution in [-0.4, -0.2) is 25.6 Å². The first-order valence-electron chi connectivity index (χ1n) is 6.32. The number of fused-ring (bicyclic) bond motifs is 1. The van der Waals surface area contributed by atoms with Crippen molar-refractivity contribution in [2.45, 2.75) is 19.1 Å². The van der Waals surface area contributed by atoms with E-state index < -0.39 is 0 Å². The molecule has 0 unspecified atom stereocenters. The van der Waals surface area contributed by atoms with Gasteiger partial charge in [-0.25, -0.2) is 0 Å². The molecule has 20 heavy (non-hydrogen) atoms. The van der Waals surface area contributed by atoms with Crippen molar-refractivity contribution in [1.29, 1.82) is 0 Å². The van der Waals surface area contributed by atoms with Gasteiger partial charge >= 0.3 is 0 Å². The van der Waals surface area contributed by atoms with E-state index in [1.807, 2.05) is 16.3 Å². The monoisotopic (exact) mass is 416 g/mol. The van der Waals surface area contributed by atoms with Gasteiger partial charge in [-0.2, -0.15) is 21.4 Å². The van der Waals surface area contributed by atoms with Crippen molar-refractivity contribution in [3.8, 4) is 10.6 Å². The van der Waals surface area contributed by atoms with Crippen LogP contribution in [0.3, 0.4) is 0 Å². The fourth-order valence-electron chi connectivity index (χ4n) is 1.79. The molecule has 2 aromatic heterocycles. The molecule has 0 N–H and O–H groups in total. The maximum absolute atomic E-state index is 4.66. The zero-order chi connectivity index (χ0) is 13.9. The van der Waals surface area contributed by atoms with Gasteiger partial charge in [0, 0.05) is 9.13 Å². The zero-order valence-electron chi connectivity index (χ0n) is 10.9. The van der Waals surface area contributed by atoms with E-state index in [0.29, 0.717) is 0 Å². The molecule has 1 aromatic carbocycles. The Labute approximate surface area is 139 Å². The molecule has 0 fully saturated rings. The van der Waals surface area contributed by atoms with E-state index in [4.69, 9.17) is 0 Å². The molecule has 3 rings (SSSR count). The van der Waals surface area contributed by atoms with Crippen molar-refractivity contribution in [2.24, 2.45) is 0 Å². The number of aromatic nitrogens is 4. The highest BCUT2D eigenvalue weighted by atomic mass is 127. The Kier molecular flexibility index (Phi) is 4.57. The van der Waals surface area contributed by atoms with E-state index in [1.165, 1.54) is 9.99 Å². The Morgan fingerprint density at radius 2 is 2.25 bits per heavy atom. The molecule has 0 spiro atoms. The van der Waals surface area contributed by atoms with Crippen LogP contribution in [-0.2, 0) is 5.75 Å². The Hall–Kier alpha value is -0.670. The summed E-state index contributed by atoms with van der Waals surface area (Å²) < 4.78 is 3.09. The maximum atomic E-state index is 4.66. The second-order valence-corrected chi connectivity index (χ2v) is 7.59. The molecule has 0 aliphatic rings. The molecule has 2 heterocycles. The quantitative estimate of drug-likeness (QED) is 0.464. The number of nitrogens with zero attached hydrogens (tertiary/aromatic N) is 4. The molecule has 4 nitrogen and oxygen atoms in total. The largest absolute Gasteiger partial charge is 0.235 e. The minimum absolute atomic E-state index is 0.866. The second-order valence-electron chi connectivity index (χ2n) is 4.28. The summed E-state index contributed by atoms with van der Waals surface area (Å²) in [5.74, 6) is 2.94. The zero-order valence-corrected chi connectivity index (χ0v) is 14.7. The molecule has 0 aliphatic carbocycles. The van der Waals surface area contributed by atoms with Crippen LogP contribution in [0.25, 0.3) is 15.5 Å². The van der Waals surface area contributed by atoms with Gasteiger partial charge < -0.3 is 0 Å². The minimum Gasteiger partial charge on any atom is -0.186 e. The van der Waals surface area contributed by atoms with Crippen LogP contribution in [0.15, 0.2) is 24.3 Å². The number of benzene rings is 1. The average molecular weight is 416 g/mol.